The van der Waals surface area contributed by atoms with Gasteiger partial charge in [-0.25, -0.2) is 0 Å². The fraction of sp³-hybridized carbons (Fsp3) is 0.562. The average Bonchev–Trinajstić information content (AvgIpc) is 3.25. The first-order chi connectivity index (χ1) is 10.7. The zero-order chi connectivity index (χ0) is 15.1. The van der Waals surface area contributed by atoms with Gasteiger partial charge in [-0.15, -0.1) is 11.8 Å². The van der Waals surface area contributed by atoms with Gasteiger partial charge in [0.15, 0.2) is 0 Å². The number of hydrogen-bond acceptors (Lipinski definition) is 5. The Bertz CT molecular complexity index is 589. The molecule has 0 radical (unpaired) electrons. The molecule has 6 heteroatoms. The van der Waals surface area contributed by atoms with E-state index >= 15 is 0 Å². The third-order valence-corrected chi connectivity index (χ3v) is 5.87. The first-order valence-corrected chi connectivity index (χ1v) is 9.06. The largest absolute Gasteiger partial charge is 0.508 e. The molecule has 0 spiro atoms. The standard InChI is InChI=1S/C16H21N3O2S/c20-13-1-2-15-11(7-13)3-4-19(15)12-8-14(17-9-12)16(21)18-5-6-22-10-18/h1-2,7,12,14,17,20H,3-6,8-10H2/t12-,14-/m0/s1. The van der Waals surface area contributed by atoms with Crippen molar-refractivity contribution in [3.05, 3.63) is 23.8 Å². The number of benzene rings is 1. The van der Waals surface area contributed by atoms with E-state index in [9.17, 15) is 9.90 Å². The number of aromatic hydroxyl groups is 1. The Hall–Kier alpha value is -1.40. The van der Waals surface area contributed by atoms with Gasteiger partial charge in [-0.3, -0.25) is 4.79 Å². The second kappa shape index (κ2) is 5.66. The molecule has 4 rings (SSSR count). The molecule has 2 saturated heterocycles. The van der Waals surface area contributed by atoms with E-state index in [0.29, 0.717) is 11.8 Å². The molecule has 2 N–H and O–H groups in total. The van der Waals surface area contributed by atoms with Gasteiger partial charge in [-0.05, 0) is 36.6 Å². The highest BCUT2D eigenvalue weighted by molar-refractivity contribution is 7.99. The zero-order valence-corrected chi connectivity index (χ0v) is 13.3. The molecule has 5 nitrogen and oxygen atoms in total. The highest BCUT2D eigenvalue weighted by Gasteiger charge is 2.37. The molecule has 0 bridgehead atoms. The molecule has 0 aliphatic carbocycles. The van der Waals surface area contributed by atoms with E-state index < -0.39 is 0 Å². The number of fused-ring (bicyclic) bond motifs is 1. The Morgan fingerprint density at radius 1 is 1.36 bits per heavy atom. The first kappa shape index (κ1) is 14.2. The van der Waals surface area contributed by atoms with Crippen LogP contribution in [0.3, 0.4) is 0 Å². The Morgan fingerprint density at radius 3 is 3.09 bits per heavy atom. The Labute approximate surface area is 134 Å². The molecule has 22 heavy (non-hydrogen) atoms. The third-order valence-electron chi connectivity index (χ3n) is 4.91. The molecule has 1 amide bonds. The van der Waals surface area contributed by atoms with Gasteiger partial charge >= 0.3 is 0 Å². The predicted octanol–water partition coefficient (Wildman–Crippen LogP) is 1.02. The number of phenols is 1. The van der Waals surface area contributed by atoms with Crippen LogP contribution < -0.4 is 10.2 Å². The number of rotatable bonds is 2. The summed E-state index contributed by atoms with van der Waals surface area (Å²) in [5.41, 5.74) is 2.43. The van der Waals surface area contributed by atoms with Crippen LogP contribution >= 0.6 is 11.8 Å². The van der Waals surface area contributed by atoms with Crippen LogP contribution in [0.2, 0.25) is 0 Å². The van der Waals surface area contributed by atoms with Crippen LogP contribution in [0.15, 0.2) is 18.2 Å². The van der Waals surface area contributed by atoms with Crippen molar-refractivity contribution in [2.24, 2.45) is 0 Å². The lowest BCUT2D eigenvalue weighted by Crippen LogP contribution is -2.42. The second-order valence-electron chi connectivity index (χ2n) is 6.25. The van der Waals surface area contributed by atoms with Gasteiger partial charge in [0, 0.05) is 37.1 Å². The number of nitrogens with zero attached hydrogens (tertiary/aromatic N) is 2. The fourth-order valence-electron chi connectivity index (χ4n) is 3.74. The number of carbonyl (C=O) groups excluding carboxylic acids is 1. The molecule has 0 unspecified atom stereocenters. The van der Waals surface area contributed by atoms with Gasteiger partial charge in [-0.1, -0.05) is 0 Å². The minimum Gasteiger partial charge on any atom is -0.508 e. The zero-order valence-electron chi connectivity index (χ0n) is 12.5. The molecule has 0 saturated carbocycles. The summed E-state index contributed by atoms with van der Waals surface area (Å²) >= 11 is 1.83. The van der Waals surface area contributed by atoms with Crippen molar-refractivity contribution in [1.82, 2.24) is 10.2 Å². The van der Waals surface area contributed by atoms with Crippen molar-refractivity contribution >= 4 is 23.4 Å². The minimum atomic E-state index is -0.0372. The van der Waals surface area contributed by atoms with E-state index in [2.05, 4.69) is 10.2 Å². The van der Waals surface area contributed by atoms with E-state index in [1.807, 2.05) is 28.8 Å². The van der Waals surface area contributed by atoms with E-state index in [1.54, 1.807) is 6.07 Å². The van der Waals surface area contributed by atoms with Gasteiger partial charge in [0.05, 0.1) is 11.9 Å². The van der Waals surface area contributed by atoms with Gasteiger partial charge < -0.3 is 20.2 Å². The van der Waals surface area contributed by atoms with Crippen LogP contribution in [0.25, 0.3) is 0 Å². The van der Waals surface area contributed by atoms with Crippen LogP contribution in [0.4, 0.5) is 5.69 Å². The lowest BCUT2D eigenvalue weighted by Gasteiger charge is -2.26. The van der Waals surface area contributed by atoms with E-state index in [4.69, 9.17) is 0 Å². The maximum absolute atomic E-state index is 12.5. The van der Waals surface area contributed by atoms with Crippen molar-refractivity contribution in [3.8, 4) is 5.75 Å². The lowest BCUT2D eigenvalue weighted by molar-refractivity contribution is -0.131. The van der Waals surface area contributed by atoms with Crippen molar-refractivity contribution in [1.29, 1.82) is 0 Å². The highest BCUT2D eigenvalue weighted by Crippen LogP contribution is 2.34. The lowest BCUT2D eigenvalue weighted by atomic mass is 10.1. The number of nitrogens with one attached hydrogen (secondary N) is 1. The number of phenolic OH excluding ortho intramolecular Hbond substituents is 1. The van der Waals surface area contributed by atoms with Crippen molar-refractivity contribution in [2.75, 3.05) is 36.2 Å². The van der Waals surface area contributed by atoms with Gasteiger partial charge in [0.2, 0.25) is 5.91 Å². The molecular formula is C16H21N3O2S. The molecule has 0 aromatic heterocycles. The second-order valence-corrected chi connectivity index (χ2v) is 7.32. The summed E-state index contributed by atoms with van der Waals surface area (Å²) in [4.78, 5) is 16.9. The maximum atomic E-state index is 12.5. The van der Waals surface area contributed by atoms with Gasteiger partial charge in [-0.2, -0.15) is 0 Å². The normalized spacial score (nSPS) is 27.5. The van der Waals surface area contributed by atoms with Crippen LogP contribution in [0.5, 0.6) is 5.75 Å². The topological polar surface area (TPSA) is 55.8 Å². The van der Waals surface area contributed by atoms with Crippen LogP contribution in [-0.2, 0) is 11.2 Å². The highest BCUT2D eigenvalue weighted by atomic mass is 32.2. The van der Waals surface area contributed by atoms with Crippen molar-refractivity contribution in [3.63, 3.8) is 0 Å². The molecule has 2 atom stereocenters. The Kier molecular flexibility index (Phi) is 3.66. The van der Waals surface area contributed by atoms with Crippen molar-refractivity contribution < 1.29 is 9.90 Å². The minimum absolute atomic E-state index is 0.0372. The molecular weight excluding hydrogens is 298 g/mol. The molecule has 1 aromatic rings. The fourth-order valence-corrected chi connectivity index (χ4v) is 4.70. The average molecular weight is 319 g/mol. The van der Waals surface area contributed by atoms with Crippen LogP contribution in [0.1, 0.15) is 12.0 Å². The van der Waals surface area contributed by atoms with E-state index in [1.165, 1.54) is 11.3 Å². The van der Waals surface area contributed by atoms with Gasteiger partial charge in [0.25, 0.3) is 0 Å². The van der Waals surface area contributed by atoms with Crippen molar-refractivity contribution in [2.45, 2.75) is 24.9 Å². The number of hydrogen-bond donors (Lipinski definition) is 2. The maximum Gasteiger partial charge on any atom is 0.240 e. The number of carbonyl (C=O) groups is 1. The number of amides is 1. The molecule has 3 aliphatic rings. The summed E-state index contributed by atoms with van der Waals surface area (Å²) in [6, 6.07) is 5.95. The Balaban J connectivity index is 1.44. The summed E-state index contributed by atoms with van der Waals surface area (Å²) < 4.78 is 0. The predicted molar refractivity (Wildman–Crippen MR) is 88.4 cm³/mol. The summed E-state index contributed by atoms with van der Waals surface area (Å²) in [7, 11) is 0. The van der Waals surface area contributed by atoms with Crippen LogP contribution in [-0.4, -0.2) is 59.3 Å². The molecule has 3 heterocycles. The summed E-state index contributed by atoms with van der Waals surface area (Å²) in [5.74, 6) is 2.50. The molecule has 3 aliphatic heterocycles. The van der Waals surface area contributed by atoms with E-state index in [0.717, 1.165) is 44.1 Å². The quantitative estimate of drug-likeness (QED) is 0.852. The molecule has 118 valence electrons. The third kappa shape index (κ3) is 2.44. The van der Waals surface area contributed by atoms with Crippen LogP contribution in [0, 0.1) is 0 Å². The first-order valence-electron chi connectivity index (χ1n) is 7.91. The number of anilines is 1. The molecule has 2 fully saturated rings. The smallest absolute Gasteiger partial charge is 0.240 e. The monoisotopic (exact) mass is 319 g/mol. The SMILES string of the molecule is O=C([C@@H]1C[C@H](N2CCc3cc(O)ccc32)CN1)N1CCSC1. The number of thioether (sulfide) groups is 1. The molecule has 1 aromatic carbocycles. The van der Waals surface area contributed by atoms with Gasteiger partial charge in [0.1, 0.15) is 5.75 Å². The Morgan fingerprint density at radius 2 is 2.27 bits per heavy atom. The van der Waals surface area contributed by atoms with E-state index in [-0.39, 0.29) is 11.9 Å². The summed E-state index contributed by atoms with van der Waals surface area (Å²) in [6.45, 7) is 2.72. The summed E-state index contributed by atoms with van der Waals surface area (Å²) in [6.07, 6.45) is 1.85. The summed E-state index contributed by atoms with van der Waals surface area (Å²) in [5, 5.41) is 13.0.